The molecule has 2 aromatic rings. The zero-order chi connectivity index (χ0) is 19.3. The van der Waals surface area contributed by atoms with Gasteiger partial charge in [0.15, 0.2) is 11.5 Å². The van der Waals surface area contributed by atoms with Crippen molar-refractivity contribution >= 4 is 5.91 Å². The molecule has 5 heteroatoms. The third kappa shape index (κ3) is 4.04. The van der Waals surface area contributed by atoms with Crippen LogP contribution in [0.4, 0.5) is 0 Å². The number of hydrazine groups is 1. The number of rotatable bonds is 5. The minimum atomic E-state index is -0.103. The third-order valence-electron chi connectivity index (χ3n) is 5.28. The van der Waals surface area contributed by atoms with E-state index in [9.17, 15) is 4.79 Å². The van der Waals surface area contributed by atoms with E-state index >= 15 is 0 Å². The molecule has 0 spiro atoms. The van der Waals surface area contributed by atoms with Crippen LogP contribution in [0.1, 0.15) is 54.1 Å². The highest BCUT2D eigenvalue weighted by Gasteiger charge is 2.24. The second kappa shape index (κ2) is 8.48. The Morgan fingerprint density at radius 2 is 2.07 bits per heavy atom. The minimum Gasteiger partial charge on any atom is -0.493 e. The van der Waals surface area contributed by atoms with Crippen molar-refractivity contribution in [2.45, 2.75) is 44.2 Å². The summed E-state index contributed by atoms with van der Waals surface area (Å²) in [4.78, 5) is 12.7. The molecule has 0 aromatic heterocycles. The molecule has 1 aliphatic carbocycles. The van der Waals surface area contributed by atoms with Crippen LogP contribution in [0.25, 0.3) is 0 Å². The monoisotopic (exact) mass is 377 g/mol. The number of methoxy groups -OCH3 is 1. The molecule has 1 aliphatic heterocycles. The van der Waals surface area contributed by atoms with Gasteiger partial charge in [-0.05, 0) is 68.0 Å². The summed E-state index contributed by atoms with van der Waals surface area (Å²) in [6, 6.07) is 16.0. The van der Waals surface area contributed by atoms with Gasteiger partial charge in [-0.2, -0.15) is 0 Å². The molecule has 1 heterocycles. The fourth-order valence-corrected chi connectivity index (χ4v) is 3.76. The fraction of sp³-hybridized carbons (Fsp3) is 0.348. The molecule has 1 amide bonds. The summed E-state index contributed by atoms with van der Waals surface area (Å²) < 4.78 is 11.7. The molecule has 0 saturated heterocycles. The molecule has 0 bridgehead atoms. The van der Waals surface area contributed by atoms with Gasteiger partial charge in [0.1, 0.15) is 0 Å². The topological polar surface area (TPSA) is 50.8 Å². The van der Waals surface area contributed by atoms with Gasteiger partial charge in [0.05, 0.1) is 19.3 Å². The first-order valence-corrected chi connectivity index (χ1v) is 9.81. The summed E-state index contributed by atoms with van der Waals surface area (Å²) in [7, 11) is 1.66. The number of amides is 1. The highest BCUT2D eigenvalue weighted by atomic mass is 16.5. The Bertz CT molecular complexity index is 844. The molecule has 4 rings (SSSR count). The number of ether oxygens (including phenoxy) is 2. The van der Waals surface area contributed by atoms with Crippen LogP contribution < -0.4 is 14.9 Å². The number of nitrogens with one attached hydrogen (secondary N) is 1. The molecular weight excluding hydrogens is 352 g/mol. The molecule has 1 radical (unpaired) electrons. The molecule has 2 aromatic carbocycles. The highest BCUT2D eigenvalue weighted by molar-refractivity contribution is 5.94. The first-order chi connectivity index (χ1) is 13.7. The summed E-state index contributed by atoms with van der Waals surface area (Å²) in [6.07, 6.45) is 9.46. The Morgan fingerprint density at radius 1 is 1.21 bits per heavy atom. The Kier molecular flexibility index (Phi) is 5.63. The van der Waals surface area contributed by atoms with Gasteiger partial charge in [0, 0.05) is 11.8 Å². The smallest absolute Gasteiger partial charge is 0.272 e. The average Bonchev–Trinajstić information content (AvgIpc) is 3.27. The maximum absolute atomic E-state index is 12.7. The number of nitrogens with zero attached hydrogens (tertiary/aromatic N) is 1. The van der Waals surface area contributed by atoms with Crippen LogP contribution in [0.3, 0.4) is 0 Å². The summed E-state index contributed by atoms with van der Waals surface area (Å²) >= 11 is 0. The Hall–Kier alpha value is -2.79. The van der Waals surface area contributed by atoms with Crippen LogP contribution in [0.5, 0.6) is 11.5 Å². The number of hydrogen-bond acceptors (Lipinski definition) is 4. The van der Waals surface area contributed by atoms with Crippen molar-refractivity contribution in [2.75, 3.05) is 7.11 Å². The van der Waals surface area contributed by atoms with Crippen LogP contribution in [0, 0.1) is 6.07 Å². The zero-order valence-corrected chi connectivity index (χ0v) is 16.1. The van der Waals surface area contributed by atoms with E-state index in [0.29, 0.717) is 5.56 Å². The third-order valence-corrected chi connectivity index (χ3v) is 5.28. The lowest BCUT2D eigenvalue weighted by molar-refractivity contribution is 0.0713. The predicted octanol–water partition coefficient (Wildman–Crippen LogP) is 4.42. The van der Waals surface area contributed by atoms with Gasteiger partial charge in [-0.3, -0.25) is 4.79 Å². The van der Waals surface area contributed by atoms with Crippen molar-refractivity contribution in [3.63, 3.8) is 0 Å². The molecule has 1 N–H and O–H groups in total. The van der Waals surface area contributed by atoms with Crippen molar-refractivity contribution in [3.05, 3.63) is 71.9 Å². The van der Waals surface area contributed by atoms with Crippen LogP contribution >= 0.6 is 0 Å². The lowest BCUT2D eigenvalue weighted by Gasteiger charge is -2.30. The van der Waals surface area contributed by atoms with Crippen molar-refractivity contribution < 1.29 is 14.3 Å². The molecule has 145 valence electrons. The van der Waals surface area contributed by atoms with Crippen LogP contribution in [0.2, 0.25) is 0 Å². The quantitative estimate of drug-likeness (QED) is 0.838. The van der Waals surface area contributed by atoms with Crippen molar-refractivity contribution in [1.82, 2.24) is 10.4 Å². The van der Waals surface area contributed by atoms with E-state index in [1.165, 1.54) is 12.8 Å². The Morgan fingerprint density at radius 3 is 2.82 bits per heavy atom. The van der Waals surface area contributed by atoms with Crippen molar-refractivity contribution in [2.24, 2.45) is 0 Å². The van der Waals surface area contributed by atoms with Crippen LogP contribution in [0.15, 0.2) is 54.7 Å². The SMILES string of the molecule is COc1ccc(C2CC=CN(C(=O)c3c[c]ccc3)N2)cc1OC1CCCC1. The standard InChI is InChI=1S/C23H25N2O3/c1-27-21-14-13-18(16-22(21)28-19-10-5-6-11-19)20-12-7-15-25(24-20)23(26)17-8-3-2-4-9-17/h2-3,7-9,13-16,19-20,24H,5-6,10-12H2,1H3. The molecule has 28 heavy (non-hydrogen) atoms. The lowest BCUT2D eigenvalue weighted by Crippen LogP contribution is -2.43. The van der Waals surface area contributed by atoms with E-state index in [2.05, 4.69) is 11.5 Å². The maximum Gasteiger partial charge on any atom is 0.272 e. The van der Waals surface area contributed by atoms with E-state index in [0.717, 1.165) is 36.3 Å². The average molecular weight is 377 g/mol. The van der Waals surface area contributed by atoms with Crippen LogP contribution in [-0.2, 0) is 0 Å². The van der Waals surface area contributed by atoms with E-state index in [1.54, 1.807) is 36.5 Å². The molecule has 5 nitrogen and oxygen atoms in total. The number of hydrogen-bond donors (Lipinski definition) is 1. The Labute approximate surface area is 165 Å². The van der Waals surface area contributed by atoms with Gasteiger partial charge < -0.3 is 9.47 Å². The molecule has 2 aliphatic rings. The van der Waals surface area contributed by atoms with Gasteiger partial charge in [-0.15, -0.1) is 0 Å². The van der Waals surface area contributed by atoms with Gasteiger partial charge in [-0.25, -0.2) is 10.4 Å². The summed E-state index contributed by atoms with van der Waals surface area (Å²) in [5.74, 6) is 1.42. The second-order valence-corrected chi connectivity index (χ2v) is 7.20. The van der Waals surface area contributed by atoms with Crippen LogP contribution in [-0.4, -0.2) is 24.1 Å². The van der Waals surface area contributed by atoms with Crippen molar-refractivity contribution in [3.8, 4) is 11.5 Å². The minimum absolute atomic E-state index is 0.0153. The summed E-state index contributed by atoms with van der Waals surface area (Å²) in [6.45, 7) is 0. The molecule has 1 unspecified atom stereocenters. The highest BCUT2D eigenvalue weighted by Crippen LogP contribution is 2.35. The van der Waals surface area contributed by atoms with E-state index in [-0.39, 0.29) is 18.1 Å². The first kappa shape index (κ1) is 18.6. The van der Waals surface area contributed by atoms with E-state index in [4.69, 9.17) is 9.47 Å². The molecule has 1 fully saturated rings. The molecule has 1 saturated carbocycles. The van der Waals surface area contributed by atoms with Gasteiger partial charge in [0.2, 0.25) is 0 Å². The van der Waals surface area contributed by atoms with Crippen molar-refractivity contribution in [1.29, 1.82) is 0 Å². The maximum atomic E-state index is 12.7. The second-order valence-electron chi connectivity index (χ2n) is 7.20. The summed E-state index contributed by atoms with van der Waals surface area (Å²) in [5.41, 5.74) is 4.98. The van der Waals surface area contributed by atoms with E-state index in [1.807, 2.05) is 30.3 Å². The molecule has 1 atom stereocenters. The summed E-state index contributed by atoms with van der Waals surface area (Å²) in [5, 5.41) is 1.54. The normalized spacial score (nSPS) is 19.6. The Balaban J connectivity index is 1.52. The number of carbonyl (C=O) groups excluding carboxylic acids is 1. The number of carbonyl (C=O) groups is 1. The number of benzene rings is 2. The van der Waals surface area contributed by atoms with Gasteiger partial charge >= 0.3 is 0 Å². The first-order valence-electron chi connectivity index (χ1n) is 9.81. The lowest BCUT2D eigenvalue weighted by atomic mass is 10.0. The van der Waals surface area contributed by atoms with Gasteiger partial charge in [0.25, 0.3) is 5.91 Å². The largest absolute Gasteiger partial charge is 0.493 e. The fourth-order valence-electron chi connectivity index (χ4n) is 3.76. The molecular formula is C23H25N2O3. The zero-order valence-electron chi connectivity index (χ0n) is 16.1. The predicted molar refractivity (Wildman–Crippen MR) is 107 cm³/mol. The van der Waals surface area contributed by atoms with E-state index < -0.39 is 0 Å². The van der Waals surface area contributed by atoms with Gasteiger partial charge in [-0.1, -0.05) is 24.3 Å².